The van der Waals surface area contributed by atoms with E-state index >= 15 is 0 Å². The van der Waals surface area contributed by atoms with Crippen molar-refractivity contribution in [2.45, 2.75) is 39.7 Å². The predicted molar refractivity (Wildman–Crippen MR) is 70.6 cm³/mol. The van der Waals surface area contributed by atoms with Crippen LogP contribution in [0.25, 0.3) is 0 Å². The maximum absolute atomic E-state index is 6.07. The summed E-state index contributed by atoms with van der Waals surface area (Å²) in [4.78, 5) is 8.25. The molecule has 1 rings (SSSR count). The zero-order valence-corrected chi connectivity index (χ0v) is 11.4. The second-order valence-electron chi connectivity index (χ2n) is 3.95. The van der Waals surface area contributed by atoms with Crippen LogP contribution in [0.5, 0.6) is 0 Å². The highest BCUT2D eigenvalue weighted by atomic mass is 35.5. The molecule has 1 heterocycles. The molecule has 5 heteroatoms. The van der Waals surface area contributed by atoms with E-state index < -0.39 is 0 Å². The topological polar surface area (TPSA) is 47.0 Å². The van der Waals surface area contributed by atoms with Crippen molar-refractivity contribution >= 4 is 17.4 Å². The molecule has 0 saturated carbocycles. The summed E-state index contributed by atoms with van der Waals surface area (Å²) in [5.41, 5.74) is 0.986. The average molecular weight is 258 g/mol. The minimum absolute atomic E-state index is 0.205. The lowest BCUT2D eigenvalue weighted by molar-refractivity contribution is 0.141. The third-order valence-corrected chi connectivity index (χ3v) is 2.67. The zero-order valence-electron chi connectivity index (χ0n) is 10.7. The molecule has 0 bridgehead atoms. The van der Waals surface area contributed by atoms with Crippen LogP contribution in [0.1, 0.15) is 32.8 Å². The summed E-state index contributed by atoms with van der Waals surface area (Å²) in [6, 6.07) is 0.205. The minimum Gasteiger partial charge on any atom is -0.380 e. The van der Waals surface area contributed by atoms with Crippen LogP contribution in [0.2, 0.25) is 5.15 Å². The van der Waals surface area contributed by atoms with Gasteiger partial charge in [-0.1, -0.05) is 24.9 Å². The summed E-state index contributed by atoms with van der Waals surface area (Å²) in [6.07, 6.45) is 3.38. The zero-order chi connectivity index (χ0) is 12.7. The number of hydrogen-bond donors (Lipinski definition) is 1. The first-order valence-electron chi connectivity index (χ1n) is 6.02. The van der Waals surface area contributed by atoms with E-state index in [0.29, 0.717) is 11.8 Å². The molecule has 1 aromatic rings. The van der Waals surface area contributed by atoms with E-state index in [2.05, 4.69) is 29.1 Å². The molecule has 1 N–H and O–H groups in total. The molecule has 1 aromatic heterocycles. The van der Waals surface area contributed by atoms with Crippen molar-refractivity contribution in [3.63, 3.8) is 0 Å². The van der Waals surface area contributed by atoms with E-state index in [9.17, 15) is 0 Å². The first-order chi connectivity index (χ1) is 8.19. The highest BCUT2D eigenvalue weighted by Gasteiger charge is 2.11. The van der Waals surface area contributed by atoms with E-state index in [1.54, 1.807) is 0 Å². The summed E-state index contributed by atoms with van der Waals surface area (Å²) in [5, 5.41) is 3.85. The Bertz CT molecular complexity index is 347. The molecule has 96 valence electrons. The highest BCUT2D eigenvalue weighted by molar-refractivity contribution is 6.30. The highest BCUT2D eigenvalue weighted by Crippen LogP contribution is 2.21. The molecule has 1 atom stereocenters. The largest absolute Gasteiger partial charge is 0.380 e. The van der Waals surface area contributed by atoms with Crippen molar-refractivity contribution in [1.82, 2.24) is 9.97 Å². The fourth-order valence-electron chi connectivity index (χ4n) is 1.56. The Labute approximate surface area is 108 Å². The van der Waals surface area contributed by atoms with Gasteiger partial charge in [0, 0.05) is 18.2 Å². The fourth-order valence-corrected chi connectivity index (χ4v) is 1.78. The van der Waals surface area contributed by atoms with Crippen LogP contribution < -0.4 is 5.32 Å². The summed E-state index contributed by atoms with van der Waals surface area (Å²) in [7, 11) is 0. The number of ether oxygens (including phenoxy) is 1. The Kier molecular flexibility index (Phi) is 6.22. The molecule has 0 radical (unpaired) electrons. The van der Waals surface area contributed by atoms with E-state index in [1.807, 2.05) is 6.92 Å². The monoisotopic (exact) mass is 257 g/mol. The summed E-state index contributed by atoms with van der Waals surface area (Å²) >= 11 is 6.07. The molecule has 1 unspecified atom stereocenters. The molecule has 0 fully saturated rings. The number of aromatic nitrogens is 2. The summed E-state index contributed by atoms with van der Waals surface area (Å²) < 4.78 is 5.36. The first kappa shape index (κ1) is 14.2. The summed E-state index contributed by atoms with van der Waals surface area (Å²) in [6.45, 7) is 7.52. The molecule has 17 heavy (non-hydrogen) atoms. The van der Waals surface area contributed by atoms with Crippen LogP contribution in [-0.2, 0) is 11.2 Å². The molecule has 0 amide bonds. The van der Waals surface area contributed by atoms with Crippen LogP contribution in [0.15, 0.2) is 6.33 Å². The van der Waals surface area contributed by atoms with Crippen molar-refractivity contribution < 1.29 is 4.74 Å². The van der Waals surface area contributed by atoms with Gasteiger partial charge in [0.2, 0.25) is 0 Å². The maximum atomic E-state index is 6.07. The van der Waals surface area contributed by atoms with E-state index in [0.717, 1.165) is 30.8 Å². The van der Waals surface area contributed by atoms with Gasteiger partial charge in [-0.15, -0.1) is 0 Å². The van der Waals surface area contributed by atoms with Gasteiger partial charge in [0.25, 0.3) is 0 Å². The van der Waals surface area contributed by atoms with Gasteiger partial charge >= 0.3 is 0 Å². The number of rotatable bonds is 7. The van der Waals surface area contributed by atoms with Crippen molar-refractivity contribution in [3.8, 4) is 0 Å². The van der Waals surface area contributed by atoms with Crippen LogP contribution >= 0.6 is 11.6 Å². The molecule has 0 aliphatic rings. The SMILES string of the molecule is CCCc1c(Cl)ncnc1NC(C)COCC. The lowest BCUT2D eigenvalue weighted by Gasteiger charge is -2.17. The molecule has 4 nitrogen and oxygen atoms in total. The van der Waals surface area contributed by atoms with Gasteiger partial charge in [-0.25, -0.2) is 9.97 Å². The van der Waals surface area contributed by atoms with Crippen molar-refractivity contribution in [2.24, 2.45) is 0 Å². The van der Waals surface area contributed by atoms with Gasteiger partial charge in [0.1, 0.15) is 17.3 Å². The average Bonchev–Trinajstić information content (AvgIpc) is 2.31. The molecule has 0 aliphatic carbocycles. The molecular weight excluding hydrogens is 238 g/mol. The first-order valence-corrected chi connectivity index (χ1v) is 6.40. The Balaban J connectivity index is 2.72. The van der Waals surface area contributed by atoms with Gasteiger partial charge in [0.15, 0.2) is 0 Å². The Morgan fingerprint density at radius 3 is 2.82 bits per heavy atom. The predicted octanol–water partition coefficient (Wildman–Crippen LogP) is 2.92. The van der Waals surface area contributed by atoms with Crippen LogP contribution in [0.4, 0.5) is 5.82 Å². The lowest BCUT2D eigenvalue weighted by Crippen LogP contribution is -2.23. The van der Waals surface area contributed by atoms with Gasteiger partial charge in [0.05, 0.1) is 6.61 Å². The Hall–Kier alpha value is -0.870. The molecule has 0 spiro atoms. The minimum atomic E-state index is 0.205. The molecule has 0 aromatic carbocycles. The molecule has 0 saturated heterocycles. The van der Waals surface area contributed by atoms with E-state index in [4.69, 9.17) is 16.3 Å². The maximum Gasteiger partial charge on any atom is 0.137 e. The van der Waals surface area contributed by atoms with Crippen LogP contribution in [0.3, 0.4) is 0 Å². The standard InChI is InChI=1S/C12H20ClN3O/c1-4-6-10-11(13)14-8-15-12(10)16-9(3)7-17-5-2/h8-9H,4-7H2,1-3H3,(H,14,15,16). The van der Waals surface area contributed by atoms with E-state index in [1.165, 1.54) is 6.33 Å². The van der Waals surface area contributed by atoms with Crippen molar-refractivity contribution in [2.75, 3.05) is 18.5 Å². The lowest BCUT2D eigenvalue weighted by atomic mass is 10.2. The third-order valence-electron chi connectivity index (χ3n) is 2.35. The summed E-state index contributed by atoms with van der Waals surface area (Å²) in [5.74, 6) is 0.819. The van der Waals surface area contributed by atoms with Gasteiger partial charge in [-0.05, 0) is 20.3 Å². The molecular formula is C12H20ClN3O. The number of anilines is 1. The number of hydrogen-bond acceptors (Lipinski definition) is 4. The quantitative estimate of drug-likeness (QED) is 0.763. The van der Waals surface area contributed by atoms with Crippen molar-refractivity contribution in [1.29, 1.82) is 0 Å². The number of halogens is 1. The second kappa shape index (κ2) is 7.45. The smallest absolute Gasteiger partial charge is 0.137 e. The second-order valence-corrected chi connectivity index (χ2v) is 4.30. The normalized spacial score (nSPS) is 12.5. The Morgan fingerprint density at radius 1 is 1.41 bits per heavy atom. The fraction of sp³-hybridized carbons (Fsp3) is 0.667. The van der Waals surface area contributed by atoms with E-state index in [-0.39, 0.29) is 6.04 Å². The van der Waals surface area contributed by atoms with Crippen LogP contribution in [0, 0.1) is 0 Å². The number of nitrogens with one attached hydrogen (secondary N) is 1. The van der Waals surface area contributed by atoms with Gasteiger partial charge in [-0.2, -0.15) is 0 Å². The van der Waals surface area contributed by atoms with Gasteiger partial charge in [-0.3, -0.25) is 0 Å². The van der Waals surface area contributed by atoms with Gasteiger partial charge < -0.3 is 10.1 Å². The van der Waals surface area contributed by atoms with Crippen LogP contribution in [-0.4, -0.2) is 29.2 Å². The Morgan fingerprint density at radius 2 is 2.18 bits per heavy atom. The third kappa shape index (κ3) is 4.48. The molecule has 0 aliphatic heterocycles. The van der Waals surface area contributed by atoms with Crippen molar-refractivity contribution in [3.05, 3.63) is 17.0 Å². The number of nitrogens with zero attached hydrogens (tertiary/aromatic N) is 2.